The number of rotatable bonds is 2. The van der Waals surface area contributed by atoms with Crippen LogP contribution in [0.4, 0.5) is 0 Å². The van der Waals surface area contributed by atoms with Gasteiger partial charge in [0.15, 0.2) is 0 Å². The van der Waals surface area contributed by atoms with Gasteiger partial charge in [0.25, 0.3) is 0 Å². The average Bonchev–Trinajstić information content (AvgIpc) is 2.37. The Bertz CT molecular complexity index is 400. The van der Waals surface area contributed by atoms with Crippen molar-refractivity contribution in [2.75, 3.05) is 19.7 Å². The zero-order valence-electron chi connectivity index (χ0n) is 10.0. The van der Waals surface area contributed by atoms with Gasteiger partial charge in [0.1, 0.15) is 0 Å². The predicted octanol–water partition coefficient (Wildman–Crippen LogP) is 1.95. The lowest BCUT2D eigenvalue weighted by molar-refractivity contribution is -0.132. The van der Waals surface area contributed by atoms with Crippen LogP contribution in [0.15, 0.2) is 36.4 Å². The fraction of sp³-hybridized carbons (Fsp3) is 0.357. The standard InChI is InChI=1S/C14H17NO2/c1-12-11-15(9-10-17-12)14(16)8-7-13-5-3-2-4-6-13/h2-8,12H,9-11H2,1H3/b8-7+. The SMILES string of the molecule is CC1CN(C(=O)/C=C/c2ccccc2)CCO1. The lowest BCUT2D eigenvalue weighted by Gasteiger charge is -2.30. The van der Waals surface area contributed by atoms with Crippen LogP contribution in [0.2, 0.25) is 0 Å². The third kappa shape index (κ3) is 3.43. The van der Waals surface area contributed by atoms with Gasteiger partial charge in [0.05, 0.1) is 12.7 Å². The van der Waals surface area contributed by atoms with Gasteiger partial charge in [-0.1, -0.05) is 30.3 Å². The fourth-order valence-electron chi connectivity index (χ4n) is 1.86. The number of nitrogens with zero attached hydrogens (tertiary/aromatic N) is 1. The van der Waals surface area contributed by atoms with E-state index in [0.29, 0.717) is 19.7 Å². The molecule has 1 fully saturated rings. The van der Waals surface area contributed by atoms with Crippen LogP contribution in [0.3, 0.4) is 0 Å². The number of hydrogen-bond donors (Lipinski definition) is 0. The summed E-state index contributed by atoms with van der Waals surface area (Å²) < 4.78 is 5.40. The van der Waals surface area contributed by atoms with E-state index in [4.69, 9.17) is 4.74 Å². The topological polar surface area (TPSA) is 29.5 Å². The molecule has 1 aromatic carbocycles. The van der Waals surface area contributed by atoms with E-state index < -0.39 is 0 Å². The van der Waals surface area contributed by atoms with E-state index in [9.17, 15) is 4.79 Å². The van der Waals surface area contributed by atoms with Crippen LogP contribution in [-0.2, 0) is 9.53 Å². The molecule has 1 unspecified atom stereocenters. The van der Waals surface area contributed by atoms with Crippen molar-refractivity contribution in [3.63, 3.8) is 0 Å². The summed E-state index contributed by atoms with van der Waals surface area (Å²) in [5.41, 5.74) is 1.04. The molecule has 1 atom stereocenters. The molecule has 3 nitrogen and oxygen atoms in total. The molecular weight excluding hydrogens is 214 g/mol. The summed E-state index contributed by atoms with van der Waals surface area (Å²) in [5.74, 6) is 0.0593. The van der Waals surface area contributed by atoms with E-state index in [1.807, 2.05) is 48.2 Å². The molecule has 1 heterocycles. The molecule has 1 aliphatic heterocycles. The molecule has 0 aromatic heterocycles. The van der Waals surface area contributed by atoms with Crippen molar-refractivity contribution in [3.8, 4) is 0 Å². The van der Waals surface area contributed by atoms with E-state index in [-0.39, 0.29) is 12.0 Å². The van der Waals surface area contributed by atoms with Crippen molar-refractivity contribution in [2.24, 2.45) is 0 Å². The lowest BCUT2D eigenvalue weighted by Crippen LogP contribution is -2.43. The van der Waals surface area contributed by atoms with Crippen LogP contribution in [0.25, 0.3) is 6.08 Å². The minimum atomic E-state index is 0.0593. The fourth-order valence-corrected chi connectivity index (χ4v) is 1.86. The number of hydrogen-bond acceptors (Lipinski definition) is 2. The van der Waals surface area contributed by atoms with E-state index in [1.54, 1.807) is 6.08 Å². The molecule has 1 amide bonds. The maximum absolute atomic E-state index is 11.9. The Kier molecular flexibility index (Phi) is 3.94. The van der Waals surface area contributed by atoms with Crippen LogP contribution in [0.5, 0.6) is 0 Å². The highest BCUT2D eigenvalue weighted by Gasteiger charge is 2.19. The third-order valence-electron chi connectivity index (χ3n) is 2.77. The maximum atomic E-state index is 11.9. The molecule has 3 heteroatoms. The second-order valence-electron chi connectivity index (χ2n) is 4.21. The highest BCUT2D eigenvalue weighted by molar-refractivity contribution is 5.91. The highest BCUT2D eigenvalue weighted by Crippen LogP contribution is 2.07. The number of ether oxygens (including phenoxy) is 1. The van der Waals surface area contributed by atoms with Gasteiger partial charge in [0, 0.05) is 19.2 Å². The Hall–Kier alpha value is -1.61. The molecule has 0 saturated carbocycles. The Labute approximate surface area is 102 Å². The molecule has 1 saturated heterocycles. The summed E-state index contributed by atoms with van der Waals surface area (Å²) in [6.45, 7) is 3.98. The van der Waals surface area contributed by atoms with Gasteiger partial charge < -0.3 is 9.64 Å². The van der Waals surface area contributed by atoms with Crippen LogP contribution >= 0.6 is 0 Å². The first-order valence-electron chi connectivity index (χ1n) is 5.89. The summed E-state index contributed by atoms with van der Waals surface area (Å²) in [7, 11) is 0. The zero-order valence-corrected chi connectivity index (χ0v) is 10.0. The molecule has 0 radical (unpaired) electrons. The van der Waals surface area contributed by atoms with E-state index >= 15 is 0 Å². The molecule has 0 bridgehead atoms. The number of carbonyl (C=O) groups is 1. The third-order valence-corrected chi connectivity index (χ3v) is 2.77. The minimum Gasteiger partial charge on any atom is -0.375 e. The van der Waals surface area contributed by atoms with E-state index in [0.717, 1.165) is 5.56 Å². The highest BCUT2D eigenvalue weighted by atomic mass is 16.5. The van der Waals surface area contributed by atoms with Gasteiger partial charge >= 0.3 is 0 Å². The van der Waals surface area contributed by atoms with Gasteiger partial charge in [-0.05, 0) is 18.6 Å². The van der Waals surface area contributed by atoms with Crippen molar-refractivity contribution >= 4 is 12.0 Å². The number of amides is 1. The van der Waals surface area contributed by atoms with Crippen LogP contribution < -0.4 is 0 Å². The first-order chi connectivity index (χ1) is 8.25. The predicted molar refractivity (Wildman–Crippen MR) is 67.5 cm³/mol. The van der Waals surface area contributed by atoms with E-state index in [1.165, 1.54) is 0 Å². The molecule has 17 heavy (non-hydrogen) atoms. The Morgan fingerprint density at radius 1 is 1.41 bits per heavy atom. The Morgan fingerprint density at radius 2 is 2.18 bits per heavy atom. The summed E-state index contributed by atoms with van der Waals surface area (Å²) >= 11 is 0. The summed E-state index contributed by atoms with van der Waals surface area (Å²) in [6.07, 6.45) is 3.62. The molecular formula is C14H17NO2. The molecule has 0 aliphatic carbocycles. The summed E-state index contributed by atoms with van der Waals surface area (Å²) in [4.78, 5) is 13.7. The second kappa shape index (κ2) is 5.64. The van der Waals surface area contributed by atoms with Gasteiger partial charge in [-0.25, -0.2) is 0 Å². The minimum absolute atomic E-state index is 0.0593. The molecule has 1 aliphatic rings. The smallest absolute Gasteiger partial charge is 0.246 e. The number of benzene rings is 1. The van der Waals surface area contributed by atoms with Crippen LogP contribution in [-0.4, -0.2) is 36.6 Å². The van der Waals surface area contributed by atoms with Gasteiger partial charge in [0.2, 0.25) is 5.91 Å². The quantitative estimate of drug-likeness (QED) is 0.728. The van der Waals surface area contributed by atoms with Gasteiger partial charge in [-0.2, -0.15) is 0 Å². The van der Waals surface area contributed by atoms with Gasteiger partial charge in [-0.15, -0.1) is 0 Å². The molecule has 0 spiro atoms. The normalized spacial score (nSPS) is 20.8. The number of morpholine rings is 1. The van der Waals surface area contributed by atoms with Crippen molar-refractivity contribution < 1.29 is 9.53 Å². The molecule has 90 valence electrons. The molecule has 2 rings (SSSR count). The first-order valence-corrected chi connectivity index (χ1v) is 5.89. The largest absolute Gasteiger partial charge is 0.375 e. The number of carbonyl (C=O) groups excluding carboxylic acids is 1. The van der Waals surface area contributed by atoms with Gasteiger partial charge in [-0.3, -0.25) is 4.79 Å². The Morgan fingerprint density at radius 3 is 2.88 bits per heavy atom. The maximum Gasteiger partial charge on any atom is 0.246 e. The second-order valence-corrected chi connectivity index (χ2v) is 4.21. The van der Waals surface area contributed by atoms with Crippen molar-refractivity contribution in [1.29, 1.82) is 0 Å². The van der Waals surface area contributed by atoms with Crippen molar-refractivity contribution in [2.45, 2.75) is 13.0 Å². The average molecular weight is 231 g/mol. The Balaban J connectivity index is 1.94. The van der Waals surface area contributed by atoms with Crippen LogP contribution in [0, 0.1) is 0 Å². The lowest BCUT2D eigenvalue weighted by atomic mass is 10.2. The van der Waals surface area contributed by atoms with E-state index in [2.05, 4.69) is 0 Å². The zero-order chi connectivity index (χ0) is 12.1. The van der Waals surface area contributed by atoms with Crippen LogP contribution in [0.1, 0.15) is 12.5 Å². The monoisotopic (exact) mass is 231 g/mol. The summed E-state index contributed by atoms with van der Waals surface area (Å²) in [5, 5.41) is 0. The molecule has 1 aromatic rings. The molecule has 0 N–H and O–H groups in total. The summed E-state index contributed by atoms with van der Waals surface area (Å²) in [6, 6.07) is 9.84. The first kappa shape index (κ1) is 11.9. The van der Waals surface area contributed by atoms with Crippen molar-refractivity contribution in [3.05, 3.63) is 42.0 Å². The van der Waals surface area contributed by atoms with Crippen molar-refractivity contribution in [1.82, 2.24) is 4.90 Å².